The summed E-state index contributed by atoms with van der Waals surface area (Å²) >= 11 is 3.59. The van der Waals surface area contributed by atoms with Gasteiger partial charge in [-0.3, -0.25) is 19.1 Å². The summed E-state index contributed by atoms with van der Waals surface area (Å²) in [5.41, 5.74) is 4.94. The van der Waals surface area contributed by atoms with Gasteiger partial charge < -0.3 is 29.9 Å². The van der Waals surface area contributed by atoms with E-state index in [9.17, 15) is 0 Å². The molecule has 5 aliphatic heterocycles. The predicted molar refractivity (Wildman–Crippen MR) is 364 cm³/mol. The molecule has 9 atom stereocenters. The normalized spacial score (nSPS) is 20.6. The topological polar surface area (TPSA) is 127 Å². The van der Waals surface area contributed by atoms with Crippen LogP contribution in [0.1, 0.15) is 157 Å². The molecule has 0 aliphatic carbocycles. The van der Waals surface area contributed by atoms with Crippen molar-refractivity contribution in [2.45, 2.75) is 193 Å². The van der Waals surface area contributed by atoms with Gasteiger partial charge in [-0.1, -0.05) is 88.4 Å². The fourth-order valence-corrected chi connectivity index (χ4v) is 9.12. The highest BCUT2D eigenvalue weighted by atomic mass is 79.9. The van der Waals surface area contributed by atoms with Crippen molar-refractivity contribution in [2.24, 2.45) is 0 Å². The number of likely N-dealkylation sites (N-methyl/N-ethyl adjacent to an activating group) is 2. The number of aryl methyl sites for hydroxylation is 4. The van der Waals surface area contributed by atoms with Crippen LogP contribution < -0.4 is 5.32 Å². The number of aromatic nitrogens is 8. The van der Waals surface area contributed by atoms with Crippen LogP contribution in [0.25, 0.3) is 0 Å². The molecule has 14 nitrogen and oxygen atoms in total. The van der Waals surface area contributed by atoms with E-state index in [0.29, 0.717) is 18.1 Å². The summed E-state index contributed by atoms with van der Waals surface area (Å²) < 4.78 is 6.32. The largest absolute Gasteiger partial charge is 0.392 e. The number of likely N-dealkylation sites (tertiary alicyclic amines) is 3. The highest BCUT2D eigenvalue weighted by Crippen LogP contribution is 2.21. The molecular weight excluding hydrogens is 1070 g/mol. The zero-order chi connectivity index (χ0) is 46.7. The van der Waals surface area contributed by atoms with Crippen molar-refractivity contribution >= 4 is 70.2 Å². The zero-order valence-electron chi connectivity index (χ0n) is 44.4. The lowest BCUT2D eigenvalue weighted by atomic mass is 9.88. The van der Waals surface area contributed by atoms with Crippen molar-refractivity contribution in [3.05, 3.63) is 71.8 Å². The smallest absolute Gasteiger partial charge is 0.205 e. The van der Waals surface area contributed by atoms with Gasteiger partial charge in [0.05, 0.1) is 49.0 Å². The van der Waals surface area contributed by atoms with Crippen LogP contribution in [0.4, 0.5) is 0 Å². The van der Waals surface area contributed by atoms with Gasteiger partial charge in [-0.2, -0.15) is 60.0 Å². The number of aliphatic hydroxyl groups excluding tert-OH is 1. The molecule has 2 radical (unpaired) electrons. The predicted octanol–water partition coefficient (Wildman–Crippen LogP) is 11.8. The van der Waals surface area contributed by atoms with Crippen LogP contribution in [0.5, 0.6) is 0 Å². The van der Waals surface area contributed by atoms with Gasteiger partial charge in [0.25, 0.3) is 0 Å². The third kappa shape index (κ3) is 40.7. The molecule has 5 saturated heterocycles. The minimum Gasteiger partial charge on any atom is -0.392 e. The highest BCUT2D eigenvalue weighted by Gasteiger charge is 2.21. The summed E-state index contributed by atoms with van der Waals surface area (Å²) in [7, 11) is 10.6. The number of hydrogen-bond donors (Lipinski definition) is 3. The molecule has 0 saturated carbocycles. The molecule has 4 aromatic rings. The molecule has 21 heteroatoms. The molecule has 446 valence electrons. The third-order valence-corrected chi connectivity index (χ3v) is 12.5. The van der Waals surface area contributed by atoms with Gasteiger partial charge in [-0.25, -0.2) is 0 Å². The first-order chi connectivity index (χ1) is 30.8. The van der Waals surface area contributed by atoms with Gasteiger partial charge in [0.15, 0.2) is 0 Å². The fourth-order valence-electron chi connectivity index (χ4n) is 8.30. The van der Waals surface area contributed by atoms with Gasteiger partial charge in [-0.05, 0) is 168 Å². The van der Waals surface area contributed by atoms with Crippen LogP contribution in [0.3, 0.4) is 0 Å². The summed E-state index contributed by atoms with van der Waals surface area (Å²) in [6.07, 6.45) is 28.2. The van der Waals surface area contributed by atoms with E-state index in [2.05, 4.69) is 148 Å². The number of halogens is 1. The van der Waals surface area contributed by atoms with Crippen LogP contribution in [0, 0.1) is 27.7 Å². The Kier molecular flexibility index (Phi) is 68.2. The molecule has 75 heavy (non-hydrogen) atoms. The minimum absolute atomic E-state index is 0. The molecule has 9 rings (SSSR count). The maximum Gasteiger partial charge on any atom is 0.205 e. The monoisotopic (exact) mass is 1200 g/mol. The summed E-state index contributed by atoms with van der Waals surface area (Å²) in [6.45, 7) is 25.8. The summed E-state index contributed by atoms with van der Waals surface area (Å²) in [4.78, 5) is 10.0. The van der Waals surface area contributed by atoms with Crippen molar-refractivity contribution in [3.8, 4) is 0 Å². The van der Waals surface area contributed by atoms with Crippen molar-refractivity contribution in [2.75, 3.05) is 86.6 Å². The number of piperidine rings is 5. The van der Waals surface area contributed by atoms with Gasteiger partial charge in [0, 0.05) is 62.3 Å². The van der Waals surface area contributed by atoms with Crippen LogP contribution >= 0.6 is 55.5 Å². The first-order valence-electron chi connectivity index (χ1n) is 24.1. The second kappa shape index (κ2) is 54.9. The average molecular weight is 1200 g/mol. The molecule has 9 unspecified atom stereocenters. The number of rotatable bonds is 4. The molecule has 4 aromatic heterocycles. The Morgan fingerprint density at radius 3 is 1.25 bits per heavy atom. The van der Waals surface area contributed by atoms with E-state index in [1.165, 1.54) is 99.8 Å². The Morgan fingerprint density at radius 2 is 0.947 bits per heavy atom. The van der Waals surface area contributed by atoms with Gasteiger partial charge in [0.1, 0.15) is 7.28 Å². The van der Waals surface area contributed by atoms with Crippen molar-refractivity contribution in [1.29, 1.82) is 0 Å². The standard InChI is InChI=1S/C10H17BN3.C10H17N3.C9H15N3.C6H12BrN.C6H13NO.C4H6N2.C2H6B.7CH4.4H3P/c1-9-6-12-14(7-9)10-4-3-5-13(8-10)11-2;1-9-6-11-13(7-9)10-4-3-5-12(2)8-10;1-8-5-11-12(7-8)9-3-2-4-10-6-9;1-8-4-2-3-6(7)5-8;1-7-4-2-3-6(8)5-7;1-4-2-5-6-3-4;1-3-2;;;;;;;;;;;/h6-7,10H,3-5,8H2,1-2H3;6-7,10H,3-5,8H2,1-2H3;5,7,9-10H,2-4,6H2,1H3;6H,2-5H2,1H3;6,8H,2-5H2,1H3;2-3H,1H3,(H,5,6);1-2H3;7*1H4;4*1H3. The van der Waals surface area contributed by atoms with E-state index >= 15 is 0 Å². The van der Waals surface area contributed by atoms with E-state index in [-0.39, 0.29) is 97.7 Å². The second-order valence-electron chi connectivity index (χ2n) is 18.5. The highest BCUT2D eigenvalue weighted by molar-refractivity contribution is 9.09. The van der Waals surface area contributed by atoms with Gasteiger partial charge in [-0.15, -0.1) is 0 Å². The maximum atomic E-state index is 9.04. The lowest BCUT2D eigenvalue weighted by molar-refractivity contribution is 0.0846. The van der Waals surface area contributed by atoms with Gasteiger partial charge >= 0.3 is 0 Å². The lowest BCUT2D eigenvalue weighted by Crippen LogP contribution is -2.38. The number of hydrogen-bond acceptors (Lipinski definition) is 10. The van der Waals surface area contributed by atoms with Crippen LogP contribution in [-0.4, -0.2) is 176 Å². The Balaban J connectivity index is -0.0000000973. The number of alkyl halides is 1. The van der Waals surface area contributed by atoms with Crippen LogP contribution in [-0.2, 0) is 0 Å². The fraction of sp³-hybridized carbons (Fsp3) is 0.778. The summed E-state index contributed by atoms with van der Waals surface area (Å²) in [5.74, 6) is 0. The van der Waals surface area contributed by atoms with Crippen molar-refractivity contribution < 1.29 is 5.11 Å². The molecule has 0 bridgehead atoms. The molecule has 5 aliphatic rings. The molecule has 3 N–H and O–H groups in total. The Bertz CT molecular complexity index is 1700. The molecule has 5 fully saturated rings. The minimum atomic E-state index is -0.0613. The second-order valence-corrected chi connectivity index (χ2v) is 19.8. The quantitative estimate of drug-likeness (QED) is 0.103. The first kappa shape index (κ1) is 93.3. The molecule has 0 spiro atoms. The molecule has 0 amide bonds. The molecule has 0 aromatic carbocycles. The average Bonchev–Trinajstić information content (AvgIpc) is 4.13. The summed E-state index contributed by atoms with van der Waals surface area (Å²) in [6, 6.07) is 1.73. The number of H-pyrrole nitrogens is 1. The molecule has 9 heterocycles. The SMILES string of the molecule is C.C.C.C.C.C.C.CN1CCCC(Br)C1.CN1CCCC(O)C1.C[B]C.C[B]N1CCCC(n2cc(C)cn2)C1.Cc1cn[nH]c1.Cc1cnn(C2CCCN(C)C2)c1.Cc1cnn(C2CCCNC2)c1.P.P.P.P. The third-order valence-electron chi connectivity index (χ3n) is 11.8. The van der Waals surface area contributed by atoms with Crippen molar-refractivity contribution in [3.63, 3.8) is 0 Å². The van der Waals surface area contributed by atoms with Crippen LogP contribution in [0.15, 0.2) is 49.6 Å². The number of aromatic amines is 1. The van der Waals surface area contributed by atoms with E-state index in [4.69, 9.17) is 5.11 Å². The van der Waals surface area contributed by atoms with Crippen molar-refractivity contribution in [1.82, 2.24) is 64.4 Å². The van der Waals surface area contributed by atoms with Gasteiger partial charge in [0.2, 0.25) is 7.41 Å². The van der Waals surface area contributed by atoms with E-state index in [1.807, 2.05) is 59.7 Å². The maximum absolute atomic E-state index is 9.04. The number of aliphatic hydroxyl groups is 1. The Labute approximate surface area is 488 Å². The number of β-amino-alcohol motifs (C(OH)–C–C–N with tert-alkyl or cyclic N) is 1. The Morgan fingerprint density at radius 1 is 0.533 bits per heavy atom. The number of nitrogens with zero attached hydrogens (tertiary/aromatic N) is 11. The zero-order valence-corrected chi connectivity index (χ0v) is 51.6. The van der Waals surface area contributed by atoms with E-state index in [0.717, 1.165) is 56.9 Å². The van der Waals surface area contributed by atoms with E-state index < -0.39 is 0 Å². The number of nitrogens with one attached hydrogen (secondary N) is 2. The molecular formula is C54H126B2BrN13OP4. The van der Waals surface area contributed by atoms with E-state index in [1.54, 1.807) is 6.20 Å². The Hall–Kier alpha value is -1.07. The lowest BCUT2D eigenvalue weighted by Gasteiger charge is -2.31. The first-order valence-corrected chi connectivity index (χ1v) is 25.0. The van der Waals surface area contributed by atoms with Crippen LogP contribution in [0.2, 0.25) is 20.5 Å². The summed E-state index contributed by atoms with van der Waals surface area (Å²) in [5, 5.41) is 31.9.